The quantitative estimate of drug-likeness (QED) is 0.884. The Kier molecular flexibility index (Phi) is 4.74. The summed E-state index contributed by atoms with van der Waals surface area (Å²) in [7, 11) is 0. The van der Waals surface area contributed by atoms with Crippen molar-refractivity contribution in [2.24, 2.45) is 5.92 Å². The molecule has 1 saturated heterocycles. The summed E-state index contributed by atoms with van der Waals surface area (Å²) >= 11 is 0. The lowest BCUT2D eigenvalue weighted by molar-refractivity contribution is 0.109. The standard InChI is InChI=1S/C18H28N2/c1-15-7-9-16(10-8-15)13-20(14-17-11-19-12-17)18-5-3-2-4-6-18/h7-10,17-19H,2-6,11-14H2,1H3. The van der Waals surface area contributed by atoms with Crippen LogP contribution in [0.2, 0.25) is 0 Å². The highest BCUT2D eigenvalue weighted by atomic mass is 15.2. The molecule has 0 amide bonds. The van der Waals surface area contributed by atoms with Crippen LogP contribution in [0.4, 0.5) is 0 Å². The van der Waals surface area contributed by atoms with Crippen molar-refractivity contribution < 1.29 is 0 Å². The Hall–Kier alpha value is -0.860. The smallest absolute Gasteiger partial charge is 0.0236 e. The number of nitrogens with one attached hydrogen (secondary N) is 1. The van der Waals surface area contributed by atoms with Crippen LogP contribution in [0.5, 0.6) is 0 Å². The molecule has 2 fully saturated rings. The summed E-state index contributed by atoms with van der Waals surface area (Å²) in [6.07, 6.45) is 7.12. The molecular weight excluding hydrogens is 244 g/mol. The third-order valence-corrected chi connectivity index (χ3v) is 4.96. The van der Waals surface area contributed by atoms with Crippen LogP contribution < -0.4 is 5.32 Å². The number of nitrogens with zero attached hydrogens (tertiary/aromatic N) is 1. The highest BCUT2D eigenvalue weighted by Gasteiger charge is 2.26. The molecule has 0 spiro atoms. The largest absolute Gasteiger partial charge is 0.316 e. The lowest BCUT2D eigenvalue weighted by Gasteiger charge is -2.39. The summed E-state index contributed by atoms with van der Waals surface area (Å²) < 4.78 is 0. The minimum Gasteiger partial charge on any atom is -0.316 e. The number of hydrogen-bond donors (Lipinski definition) is 1. The first kappa shape index (κ1) is 14.1. The van der Waals surface area contributed by atoms with E-state index in [1.807, 2.05) is 0 Å². The molecule has 1 aliphatic heterocycles. The van der Waals surface area contributed by atoms with Gasteiger partial charge >= 0.3 is 0 Å². The van der Waals surface area contributed by atoms with Gasteiger partial charge in [0, 0.05) is 32.2 Å². The highest BCUT2D eigenvalue weighted by molar-refractivity contribution is 5.21. The van der Waals surface area contributed by atoms with Gasteiger partial charge in [-0.05, 0) is 31.2 Å². The molecule has 1 aromatic rings. The van der Waals surface area contributed by atoms with Gasteiger partial charge in [-0.3, -0.25) is 4.90 Å². The fourth-order valence-corrected chi connectivity index (χ4v) is 3.53. The molecule has 0 bridgehead atoms. The van der Waals surface area contributed by atoms with Crippen molar-refractivity contribution in [2.75, 3.05) is 19.6 Å². The van der Waals surface area contributed by atoms with Gasteiger partial charge in [0.25, 0.3) is 0 Å². The average Bonchev–Trinajstić information content (AvgIpc) is 2.44. The van der Waals surface area contributed by atoms with E-state index < -0.39 is 0 Å². The summed E-state index contributed by atoms with van der Waals surface area (Å²) in [5, 5.41) is 3.41. The van der Waals surface area contributed by atoms with Crippen molar-refractivity contribution in [3.63, 3.8) is 0 Å². The van der Waals surface area contributed by atoms with Gasteiger partial charge < -0.3 is 5.32 Å². The molecule has 3 rings (SSSR count). The van der Waals surface area contributed by atoms with E-state index in [-0.39, 0.29) is 0 Å². The Labute approximate surface area is 123 Å². The first-order valence-corrected chi connectivity index (χ1v) is 8.31. The van der Waals surface area contributed by atoms with E-state index in [1.54, 1.807) is 0 Å². The van der Waals surface area contributed by atoms with Crippen LogP contribution in [-0.4, -0.2) is 30.6 Å². The molecule has 1 saturated carbocycles. The summed E-state index contributed by atoms with van der Waals surface area (Å²) in [5.74, 6) is 0.877. The van der Waals surface area contributed by atoms with Crippen molar-refractivity contribution >= 4 is 0 Å². The second-order valence-corrected chi connectivity index (χ2v) is 6.73. The summed E-state index contributed by atoms with van der Waals surface area (Å²) in [6.45, 7) is 7.03. The number of benzene rings is 1. The Bertz CT molecular complexity index is 402. The van der Waals surface area contributed by atoms with E-state index in [2.05, 4.69) is 41.4 Å². The van der Waals surface area contributed by atoms with E-state index in [0.29, 0.717) is 0 Å². The van der Waals surface area contributed by atoms with Crippen molar-refractivity contribution in [3.8, 4) is 0 Å². The van der Waals surface area contributed by atoms with Crippen molar-refractivity contribution in [1.29, 1.82) is 0 Å². The van der Waals surface area contributed by atoms with Gasteiger partial charge in [-0.1, -0.05) is 49.1 Å². The van der Waals surface area contributed by atoms with Crippen LogP contribution in [0, 0.1) is 12.8 Å². The van der Waals surface area contributed by atoms with Gasteiger partial charge in [0.15, 0.2) is 0 Å². The number of rotatable bonds is 5. The second kappa shape index (κ2) is 6.73. The topological polar surface area (TPSA) is 15.3 Å². The zero-order valence-corrected chi connectivity index (χ0v) is 12.8. The Balaban J connectivity index is 1.65. The monoisotopic (exact) mass is 272 g/mol. The summed E-state index contributed by atoms with van der Waals surface area (Å²) in [4.78, 5) is 2.77. The predicted octanol–water partition coefficient (Wildman–Crippen LogP) is 3.35. The molecule has 1 N–H and O–H groups in total. The van der Waals surface area contributed by atoms with Crippen LogP contribution >= 0.6 is 0 Å². The van der Waals surface area contributed by atoms with Crippen LogP contribution in [0.25, 0.3) is 0 Å². The molecule has 0 unspecified atom stereocenters. The zero-order chi connectivity index (χ0) is 13.8. The van der Waals surface area contributed by atoms with Crippen LogP contribution in [0.3, 0.4) is 0 Å². The third kappa shape index (κ3) is 3.62. The van der Waals surface area contributed by atoms with E-state index in [1.165, 1.54) is 62.9 Å². The van der Waals surface area contributed by atoms with Crippen LogP contribution in [-0.2, 0) is 6.54 Å². The van der Waals surface area contributed by atoms with Gasteiger partial charge in [-0.15, -0.1) is 0 Å². The summed E-state index contributed by atoms with van der Waals surface area (Å²) in [5.41, 5.74) is 2.84. The Morgan fingerprint density at radius 3 is 2.35 bits per heavy atom. The minimum atomic E-state index is 0.825. The maximum atomic E-state index is 3.41. The number of hydrogen-bond acceptors (Lipinski definition) is 2. The normalized spacial score (nSPS) is 21.1. The van der Waals surface area contributed by atoms with Gasteiger partial charge in [0.2, 0.25) is 0 Å². The first-order valence-electron chi connectivity index (χ1n) is 8.31. The molecule has 110 valence electrons. The van der Waals surface area contributed by atoms with Gasteiger partial charge in [0.1, 0.15) is 0 Å². The Morgan fingerprint density at radius 1 is 1.05 bits per heavy atom. The maximum absolute atomic E-state index is 3.41. The molecule has 1 aliphatic carbocycles. The first-order chi connectivity index (χ1) is 9.81. The highest BCUT2D eigenvalue weighted by Crippen LogP contribution is 2.25. The van der Waals surface area contributed by atoms with Gasteiger partial charge in [-0.2, -0.15) is 0 Å². The zero-order valence-electron chi connectivity index (χ0n) is 12.8. The SMILES string of the molecule is Cc1ccc(CN(CC2CNC2)C2CCCCC2)cc1. The lowest BCUT2D eigenvalue weighted by Crippen LogP contribution is -2.50. The molecule has 2 heteroatoms. The average molecular weight is 272 g/mol. The minimum absolute atomic E-state index is 0.825. The molecule has 1 heterocycles. The van der Waals surface area contributed by atoms with Gasteiger partial charge in [-0.25, -0.2) is 0 Å². The molecule has 0 atom stereocenters. The molecule has 2 aliphatic rings. The molecule has 20 heavy (non-hydrogen) atoms. The van der Waals surface area contributed by atoms with E-state index >= 15 is 0 Å². The van der Waals surface area contributed by atoms with Crippen molar-refractivity contribution in [1.82, 2.24) is 10.2 Å². The predicted molar refractivity (Wildman–Crippen MR) is 84.8 cm³/mol. The molecule has 2 nitrogen and oxygen atoms in total. The fourth-order valence-electron chi connectivity index (χ4n) is 3.53. The molecule has 1 aromatic carbocycles. The van der Waals surface area contributed by atoms with E-state index in [9.17, 15) is 0 Å². The number of aryl methyl sites for hydroxylation is 1. The van der Waals surface area contributed by atoms with E-state index in [0.717, 1.165) is 18.5 Å². The fraction of sp³-hybridized carbons (Fsp3) is 0.667. The molecule has 0 aromatic heterocycles. The van der Waals surface area contributed by atoms with Crippen LogP contribution in [0.1, 0.15) is 43.2 Å². The maximum Gasteiger partial charge on any atom is 0.0236 e. The lowest BCUT2D eigenvalue weighted by atomic mass is 9.92. The molecule has 0 radical (unpaired) electrons. The second-order valence-electron chi connectivity index (χ2n) is 6.73. The van der Waals surface area contributed by atoms with Gasteiger partial charge in [0.05, 0.1) is 0 Å². The van der Waals surface area contributed by atoms with Crippen molar-refractivity contribution in [3.05, 3.63) is 35.4 Å². The third-order valence-electron chi connectivity index (χ3n) is 4.96. The van der Waals surface area contributed by atoms with Crippen molar-refractivity contribution in [2.45, 2.75) is 51.6 Å². The van der Waals surface area contributed by atoms with E-state index in [4.69, 9.17) is 0 Å². The molecular formula is C18H28N2. The van der Waals surface area contributed by atoms with Crippen LogP contribution in [0.15, 0.2) is 24.3 Å². The Morgan fingerprint density at radius 2 is 1.75 bits per heavy atom. The summed E-state index contributed by atoms with van der Waals surface area (Å²) in [6, 6.07) is 9.94.